The third-order valence-electron chi connectivity index (χ3n) is 12.4. The lowest BCUT2D eigenvalue weighted by Crippen LogP contribution is -2.11. The largest absolute Gasteiger partial charge is 0.456 e. The summed E-state index contributed by atoms with van der Waals surface area (Å²) < 4.78 is 8.67. The van der Waals surface area contributed by atoms with Gasteiger partial charge in [0, 0.05) is 44.2 Å². The lowest BCUT2D eigenvalue weighted by molar-refractivity contribution is 0.669. The molecule has 63 heavy (non-hydrogen) atoms. The summed E-state index contributed by atoms with van der Waals surface area (Å²) in [5, 5.41) is 4.76. The maximum atomic E-state index is 6.30. The predicted molar refractivity (Wildman–Crippen MR) is 264 cm³/mol. The molecule has 2 heterocycles. The van der Waals surface area contributed by atoms with Gasteiger partial charge in [-0.3, -0.25) is 0 Å². The van der Waals surface area contributed by atoms with Crippen LogP contribution in [-0.4, -0.2) is 4.57 Å². The SMILES string of the molecule is c1ccc(-c2ccccc2-c2ccccc2-c2ccccc2N(c2ccc(-c3cccc4oc5ccccc5c34)cc2)c2ccc(-n3c4ccccc4c4ccccc43)cc2)cc1. The van der Waals surface area contributed by atoms with E-state index in [4.69, 9.17) is 4.42 Å². The Kier molecular flexibility index (Phi) is 8.83. The first-order valence-electron chi connectivity index (χ1n) is 21.5. The maximum Gasteiger partial charge on any atom is 0.136 e. The van der Waals surface area contributed by atoms with E-state index in [1.165, 1.54) is 49.6 Å². The standard InChI is InChI=1S/C60H40N2O/c1-2-17-41(18-3-1)46-19-4-5-20-48(46)49-21-6-7-22-50(49)51-23-8-12-28-55(51)61(43-35-33-42(34-36-43)47-27-16-32-59-60(47)54-26-11-15-31-58(54)63-59)44-37-39-45(40-38-44)62-56-29-13-9-24-52(56)53-25-10-14-30-57(53)62/h1-40H. The number of furan rings is 1. The zero-order valence-corrected chi connectivity index (χ0v) is 34.4. The fraction of sp³-hybridized carbons (Fsp3) is 0. The first-order chi connectivity index (χ1) is 31.3. The molecule has 12 aromatic rings. The zero-order valence-electron chi connectivity index (χ0n) is 34.4. The van der Waals surface area contributed by atoms with Crippen molar-refractivity contribution >= 4 is 60.8 Å². The quantitative estimate of drug-likeness (QED) is 0.153. The zero-order chi connectivity index (χ0) is 41.7. The highest BCUT2D eigenvalue weighted by molar-refractivity contribution is 6.12. The van der Waals surface area contributed by atoms with Crippen molar-refractivity contribution in [3.8, 4) is 50.2 Å². The van der Waals surface area contributed by atoms with Crippen LogP contribution in [0.1, 0.15) is 0 Å². The first kappa shape index (κ1) is 36.5. The second-order valence-electron chi connectivity index (χ2n) is 16.0. The smallest absolute Gasteiger partial charge is 0.136 e. The van der Waals surface area contributed by atoms with Gasteiger partial charge in [-0.2, -0.15) is 0 Å². The molecule has 0 saturated heterocycles. The van der Waals surface area contributed by atoms with Crippen LogP contribution in [0.4, 0.5) is 17.1 Å². The number of aromatic nitrogens is 1. The molecular weight excluding hydrogens is 765 g/mol. The summed E-state index contributed by atoms with van der Waals surface area (Å²) in [6.45, 7) is 0. The van der Waals surface area contributed by atoms with Crippen molar-refractivity contribution in [3.05, 3.63) is 243 Å². The van der Waals surface area contributed by atoms with Crippen molar-refractivity contribution in [3.63, 3.8) is 0 Å². The van der Waals surface area contributed by atoms with Crippen molar-refractivity contribution in [2.75, 3.05) is 4.90 Å². The number of nitrogens with zero attached hydrogens (tertiary/aromatic N) is 2. The average molecular weight is 805 g/mol. The Morgan fingerprint density at radius 1 is 0.302 bits per heavy atom. The number of benzene rings is 10. The van der Waals surface area contributed by atoms with Crippen LogP contribution >= 0.6 is 0 Å². The van der Waals surface area contributed by atoms with Crippen molar-refractivity contribution in [1.29, 1.82) is 0 Å². The Bertz CT molecular complexity index is 3560. The number of para-hydroxylation sites is 4. The van der Waals surface area contributed by atoms with Gasteiger partial charge in [-0.25, -0.2) is 0 Å². The molecule has 0 radical (unpaired) electrons. The maximum absolute atomic E-state index is 6.30. The minimum absolute atomic E-state index is 0.893. The lowest BCUT2D eigenvalue weighted by atomic mass is 9.88. The monoisotopic (exact) mass is 804 g/mol. The number of anilines is 3. The molecule has 3 nitrogen and oxygen atoms in total. The van der Waals surface area contributed by atoms with E-state index in [-0.39, 0.29) is 0 Å². The fourth-order valence-electron chi connectivity index (χ4n) is 9.62. The second-order valence-corrected chi connectivity index (χ2v) is 16.0. The normalized spacial score (nSPS) is 11.5. The van der Waals surface area contributed by atoms with Crippen LogP contribution in [-0.2, 0) is 0 Å². The van der Waals surface area contributed by atoms with Gasteiger partial charge in [0.1, 0.15) is 11.2 Å². The number of rotatable bonds is 8. The molecule has 0 unspecified atom stereocenters. The van der Waals surface area contributed by atoms with E-state index in [0.29, 0.717) is 0 Å². The molecule has 12 rings (SSSR count). The van der Waals surface area contributed by atoms with Crippen LogP contribution in [0.5, 0.6) is 0 Å². The Labute approximate surface area is 366 Å². The van der Waals surface area contributed by atoms with Gasteiger partial charge in [-0.1, -0.05) is 176 Å². The van der Waals surface area contributed by atoms with Gasteiger partial charge in [0.2, 0.25) is 0 Å². The molecule has 2 aromatic heterocycles. The van der Waals surface area contributed by atoms with Crippen molar-refractivity contribution < 1.29 is 4.42 Å². The third kappa shape index (κ3) is 6.21. The summed E-state index contributed by atoms with van der Waals surface area (Å²) in [7, 11) is 0. The molecule has 0 N–H and O–H groups in total. The fourth-order valence-corrected chi connectivity index (χ4v) is 9.62. The first-order valence-corrected chi connectivity index (χ1v) is 21.5. The number of hydrogen-bond donors (Lipinski definition) is 0. The molecule has 0 aliphatic rings. The molecule has 0 fully saturated rings. The van der Waals surface area contributed by atoms with Gasteiger partial charge in [0.05, 0.1) is 16.7 Å². The van der Waals surface area contributed by atoms with E-state index >= 15 is 0 Å². The van der Waals surface area contributed by atoms with Gasteiger partial charge in [0.25, 0.3) is 0 Å². The molecule has 0 aliphatic carbocycles. The van der Waals surface area contributed by atoms with E-state index in [1.807, 2.05) is 12.1 Å². The van der Waals surface area contributed by atoms with E-state index < -0.39 is 0 Å². The minimum atomic E-state index is 0.893. The van der Waals surface area contributed by atoms with E-state index in [0.717, 1.165) is 61.4 Å². The van der Waals surface area contributed by atoms with E-state index in [9.17, 15) is 0 Å². The highest BCUT2D eigenvalue weighted by atomic mass is 16.3. The van der Waals surface area contributed by atoms with Gasteiger partial charge < -0.3 is 13.9 Å². The molecule has 10 aromatic carbocycles. The summed E-state index contributed by atoms with van der Waals surface area (Å²) >= 11 is 0. The van der Waals surface area contributed by atoms with E-state index in [2.05, 4.69) is 240 Å². The van der Waals surface area contributed by atoms with Crippen molar-refractivity contribution in [1.82, 2.24) is 4.57 Å². The van der Waals surface area contributed by atoms with Crippen LogP contribution in [0.15, 0.2) is 247 Å². The van der Waals surface area contributed by atoms with Gasteiger partial charge in [0.15, 0.2) is 0 Å². The van der Waals surface area contributed by atoms with E-state index in [1.54, 1.807) is 0 Å². The number of hydrogen-bond acceptors (Lipinski definition) is 2. The summed E-state index contributed by atoms with van der Waals surface area (Å²) in [5.41, 5.74) is 17.9. The molecule has 3 heteroatoms. The van der Waals surface area contributed by atoms with Crippen molar-refractivity contribution in [2.45, 2.75) is 0 Å². The lowest BCUT2D eigenvalue weighted by Gasteiger charge is -2.29. The Morgan fingerprint density at radius 2 is 0.762 bits per heavy atom. The molecule has 0 saturated carbocycles. The van der Waals surface area contributed by atoms with Gasteiger partial charge in [-0.05, 0) is 106 Å². The Morgan fingerprint density at radius 3 is 1.44 bits per heavy atom. The number of fused-ring (bicyclic) bond motifs is 6. The molecule has 0 spiro atoms. The van der Waals surface area contributed by atoms with Crippen molar-refractivity contribution in [2.24, 2.45) is 0 Å². The molecular formula is C60H40N2O. The highest BCUT2D eigenvalue weighted by Gasteiger charge is 2.21. The summed E-state index contributed by atoms with van der Waals surface area (Å²) in [4.78, 5) is 2.41. The van der Waals surface area contributed by atoms with Crippen LogP contribution in [0.2, 0.25) is 0 Å². The van der Waals surface area contributed by atoms with Gasteiger partial charge >= 0.3 is 0 Å². The molecule has 0 bridgehead atoms. The van der Waals surface area contributed by atoms with Crippen LogP contribution in [0, 0.1) is 0 Å². The summed E-state index contributed by atoms with van der Waals surface area (Å²) in [5.74, 6) is 0. The molecule has 296 valence electrons. The Hall–Kier alpha value is -8.40. The molecule has 0 amide bonds. The minimum Gasteiger partial charge on any atom is -0.456 e. The predicted octanol–water partition coefficient (Wildman–Crippen LogP) is 16.8. The summed E-state index contributed by atoms with van der Waals surface area (Å²) in [6.07, 6.45) is 0. The second kappa shape index (κ2) is 15.3. The average Bonchev–Trinajstić information content (AvgIpc) is 3.91. The van der Waals surface area contributed by atoms with Crippen LogP contribution < -0.4 is 4.90 Å². The topological polar surface area (TPSA) is 21.3 Å². The highest BCUT2D eigenvalue weighted by Crippen LogP contribution is 2.46. The van der Waals surface area contributed by atoms with Crippen LogP contribution in [0.3, 0.4) is 0 Å². The Balaban J connectivity index is 1.03. The van der Waals surface area contributed by atoms with Crippen LogP contribution in [0.25, 0.3) is 93.9 Å². The van der Waals surface area contributed by atoms with Gasteiger partial charge in [-0.15, -0.1) is 0 Å². The molecule has 0 aliphatic heterocycles. The molecule has 0 atom stereocenters. The third-order valence-corrected chi connectivity index (χ3v) is 12.4. The summed E-state index contributed by atoms with van der Waals surface area (Å²) in [6, 6.07) is 87.1.